The van der Waals surface area contributed by atoms with E-state index in [1.165, 1.54) is 69.9 Å². The molecule has 4 rings (SSSR count). The molecule has 2 fully saturated rings. The number of hydrogen-bond acceptors (Lipinski definition) is 1. The van der Waals surface area contributed by atoms with Gasteiger partial charge in [0.05, 0.1) is 0 Å². The molecule has 0 heterocycles. The zero-order valence-corrected chi connectivity index (χ0v) is 11.9. The normalized spacial score (nSPS) is 27.9. The first kappa shape index (κ1) is 11.8. The molecule has 1 atom stereocenters. The Morgan fingerprint density at radius 3 is 2.53 bits per heavy atom. The number of rotatable bonds is 2. The largest absolute Gasteiger partial charge is 0.382 e. The van der Waals surface area contributed by atoms with Crippen molar-refractivity contribution in [3.63, 3.8) is 0 Å². The highest BCUT2D eigenvalue weighted by Crippen LogP contribution is 2.52. The molecule has 3 aliphatic rings. The van der Waals surface area contributed by atoms with Gasteiger partial charge < -0.3 is 5.32 Å². The van der Waals surface area contributed by atoms with Crippen molar-refractivity contribution in [3.8, 4) is 0 Å². The smallest absolute Gasteiger partial charge is 0.0345 e. The second kappa shape index (κ2) is 4.54. The van der Waals surface area contributed by atoms with Gasteiger partial charge in [0, 0.05) is 11.7 Å². The van der Waals surface area contributed by atoms with Gasteiger partial charge in [0.1, 0.15) is 0 Å². The van der Waals surface area contributed by atoms with Crippen LogP contribution in [0.15, 0.2) is 18.2 Å². The summed E-state index contributed by atoms with van der Waals surface area (Å²) in [6, 6.07) is 7.86. The second-order valence-corrected chi connectivity index (χ2v) is 7.00. The predicted molar refractivity (Wildman–Crippen MR) is 80.6 cm³/mol. The van der Waals surface area contributed by atoms with E-state index in [-0.39, 0.29) is 0 Å². The number of hydrogen-bond donors (Lipinski definition) is 1. The van der Waals surface area contributed by atoms with Crippen molar-refractivity contribution in [3.05, 3.63) is 29.3 Å². The first-order chi connectivity index (χ1) is 9.36. The van der Waals surface area contributed by atoms with Crippen LogP contribution in [0, 0.1) is 5.41 Å². The maximum absolute atomic E-state index is 3.87. The first-order valence-electron chi connectivity index (χ1n) is 8.24. The van der Waals surface area contributed by atoms with Gasteiger partial charge in [0.15, 0.2) is 0 Å². The van der Waals surface area contributed by atoms with Gasteiger partial charge >= 0.3 is 0 Å². The average Bonchev–Trinajstić information content (AvgIpc) is 2.92. The first-order valence-corrected chi connectivity index (χ1v) is 8.24. The van der Waals surface area contributed by atoms with Crippen LogP contribution in [0.25, 0.3) is 0 Å². The van der Waals surface area contributed by atoms with E-state index < -0.39 is 0 Å². The lowest BCUT2D eigenvalue weighted by Crippen LogP contribution is -2.50. The van der Waals surface area contributed by atoms with Crippen LogP contribution in [0.5, 0.6) is 0 Å². The summed E-state index contributed by atoms with van der Waals surface area (Å²) in [5.41, 5.74) is 5.24. The molecule has 1 unspecified atom stereocenters. The van der Waals surface area contributed by atoms with E-state index in [0.29, 0.717) is 5.41 Å². The van der Waals surface area contributed by atoms with Crippen molar-refractivity contribution >= 4 is 5.69 Å². The van der Waals surface area contributed by atoms with E-state index in [2.05, 4.69) is 23.5 Å². The molecular formula is C18H25N. The Labute approximate surface area is 116 Å². The fraction of sp³-hybridized carbons (Fsp3) is 0.667. The van der Waals surface area contributed by atoms with Gasteiger partial charge in [0.2, 0.25) is 0 Å². The molecule has 1 nitrogen and oxygen atoms in total. The molecule has 1 aromatic rings. The fourth-order valence-corrected chi connectivity index (χ4v) is 4.64. The summed E-state index contributed by atoms with van der Waals surface area (Å²) in [7, 11) is 0. The molecule has 0 aliphatic heterocycles. The van der Waals surface area contributed by atoms with Crippen molar-refractivity contribution < 1.29 is 0 Å². The molecule has 0 radical (unpaired) electrons. The van der Waals surface area contributed by atoms with Crippen LogP contribution in [-0.4, -0.2) is 6.04 Å². The summed E-state index contributed by atoms with van der Waals surface area (Å²) < 4.78 is 0. The molecule has 0 aromatic heterocycles. The third-order valence-electron chi connectivity index (χ3n) is 5.96. The summed E-state index contributed by atoms with van der Waals surface area (Å²) in [6.45, 7) is 0. The van der Waals surface area contributed by atoms with Gasteiger partial charge in [-0.3, -0.25) is 0 Å². The Morgan fingerprint density at radius 1 is 0.895 bits per heavy atom. The van der Waals surface area contributed by atoms with E-state index in [1.54, 1.807) is 11.1 Å². The molecule has 1 N–H and O–H groups in total. The molecule has 1 heteroatoms. The van der Waals surface area contributed by atoms with Gasteiger partial charge in [-0.1, -0.05) is 25.3 Å². The Balaban J connectivity index is 1.49. The third kappa shape index (κ3) is 1.98. The van der Waals surface area contributed by atoms with Crippen LogP contribution in [0.4, 0.5) is 5.69 Å². The summed E-state index contributed by atoms with van der Waals surface area (Å²) in [5.74, 6) is 0. The van der Waals surface area contributed by atoms with E-state index >= 15 is 0 Å². The number of benzene rings is 1. The molecule has 1 spiro atoms. The Kier molecular flexibility index (Phi) is 2.82. The Hall–Kier alpha value is -0.980. The monoisotopic (exact) mass is 255 g/mol. The van der Waals surface area contributed by atoms with Crippen molar-refractivity contribution in [1.29, 1.82) is 0 Å². The van der Waals surface area contributed by atoms with Crippen molar-refractivity contribution in [1.82, 2.24) is 0 Å². The fourth-order valence-electron chi connectivity index (χ4n) is 4.64. The number of fused-ring (bicyclic) bond motifs is 1. The summed E-state index contributed by atoms with van der Waals surface area (Å²) in [5, 5.41) is 3.87. The SMILES string of the molecule is c1cc2c(cc1NC1CCC13CCCCC3)CCC2. The van der Waals surface area contributed by atoms with E-state index in [4.69, 9.17) is 0 Å². The van der Waals surface area contributed by atoms with Crippen LogP contribution in [0.3, 0.4) is 0 Å². The standard InChI is InChI=1S/C18H25N/c1-2-10-18(11-3-1)12-9-17(18)19-16-8-7-14-5-4-6-15(14)13-16/h7-8,13,17,19H,1-6,9-12H2. The highest BCUT2D eigenvalue weighted by atomic mass is 15.0. The molecule has 0 bridgehead atoms. The molecular weight excluding hydrogens is 230 g/mol. The van der Waals surface area contributed by atoms with Crippen molar-refractivity contribution in [2.24, 2.45) is 5.41 Å². The van der Waals surface area contributed by atoms with Crippen LogP contribution in [0.1, 0.15) is 62.5 Å². The summed E-state index contributed by atoms with van der Waals surface area (Å²) >= 11 is 0. The van der Waals surface area contributed by atoms with Crippen LogP contribution < -0.4 is 5.32 Å². The molecule has 102 valence electrons. The zero-order valence-electron chi connectivity index (χ0n) is 11.9. The van der Waals surface area contributed by atoms with Crippen molar-refractivity contribution in [2.75, 3.05) is 5.32 Å². The minimum absolute atomic E-state index is 0.664. The number of nitrogens with one attached hydrogen (secondary N) is 1. The van der Waals surface area contributed by atoms with E-state index in [1.807, 2.05) is 0 Å². The lowest BCUT2D eigenvalue weighted by atomic mass is 9.57. The summed E-state index contributed by atoms with van der Waals surface area (Å²) in [6.07, 6.45) is 14.1. The number of anilines is 1. The van der Waals surface area contributed by atoms with Gasteiger partial charge in [-0.15, -0.1) is 0 Å². The van der Waals surface area contributed by atoms with Gasteiger partial charge in [-0.05, 0) is 73.6 Å². The zero-order chi connectivity index (χ0) is 12.7. The maximum atomic E-state index is 3.87. The second-order valence-electron chi connectivity index (χ2n) is 7.00. The summed E-state index contributed by atoms with van der Waals surface area (Å²) in [4.78, 5) is 0. The third-order valence-corrected chi connectivity index (χ3v) is 5.96. The van der Waals surface area contributed by atoms with Crippen LogP contribution in [-0.2, 0) is 12.8 Å². The molecule has 0 saturated heterocycles. The predicted octanol–water partition coefficient (Wildman–Crippen LogP) is 4.70. The molecule has 0 amide bonds. The Morgan fingerprint density at radius 2 is 1.74 bits per heavy atom. The highest BCUT2D eigenvalue weighted by molar-refractivity contribution is 5.51. The van der Waals surface area contributed by atoms with E-state index in [9.17, 15) is 0 Å². The minimum atomic E-state index is 0.664. The quantitative estimate of drug-likeness (QED) is 0.807. The maximum Gasteiger partial charge on any atom is 0.0345 e. The van der Waals surface area contributed by atoms with Gasteiger partial charge in [-0.25, -0.2) is 0 Å². The van der Waals surface area contributed by atoms with Gasteiger partial charge in [-0.2, -0.15) is 0 Å². The lowest BCUT2D eigenvalue weighted by Gasteiger charge is -2.52. The molecule has 1 aromatic carbocycles. The molecule has 3 aliphatic carbocycles. The highest BCUT2D eigenvalue weighted by Gasteiger charge is 2.46. The van der Waals surface area contributed by atoms with Crippen LogP contribution in [0.2, 0.25) is 0 Å². The van der Waals surface area contributed by atoms with E-state index in [0.717, 1.165) is 6.04 Å². The molecule has 19 heavy (non-hydrogen) atoms. The van der Waals surface area contributed by atoms with Crippen molar-refractivity contribution in [2.45, 2.75) is 70.3 Å². The molecule has 2 saturated carbocycles. The van der Waals surface area contributed by atoms with Crippen LogP contribution >= 0.6 is 0 Å². The van der Waals surface area contributed by atoms with Gasteiger partial charge in [0.25, 0.3) is 0 Å². The topological polar surface area (TPSA) is 12.0 Å². The average molecular weight is 255 g/mol. The minimum Gasteiger partial charge on any atom is -0.382 e. The Bertz CT molecular complexity index is 471. The number of aryl methyl sites for hydroxylation is 2. The lowest BCUT2D eigenvalue weighted by molar-refractivity contribution is 0.0571.